The summed E-state index contributed by atoms with van der Waals surface area (Å²) in [6, 6.07) is 13.3. The highest BCUT2D eigenvalue weighted by atomic mass is 35.5. The Bertz CT molecular complexity index is 962. The second-order valence-electron chi connectivity index (χ2n) is 7.83. The molecule has 2 saturated heterocycles. The highest BCUT2D eigenvalue weighted by molar-refractivity contribution is 6.30. The minimum absolute atomic E-state index is 0.135. The molecule has 0 aromatic heterocycles. The van der Waals surface area contributed by atoms with Crippen LogP contribution < -0.4 is 15.5 Å². The monoisotopic (exact) mass is 440 g/mol. The molecule has 2 fully saturated rings. The Morgan fingerprint density at radius 1 is 0.871 bits per heavy atom. The van der Waals surface area contributed by atoms with Gasteiger partial charge in [0.2, 0.25) is 11.8 Å². The van der Waals surface area contributed by atoms with Crippen molar-refractivity contribution in [3.8, 4) is 0 Å². The van der Waals surface area contributed by atoms with Crippen LogP contribution in [-0.4, -0.2) is 41.9 Å². The quantitative estimate of drug-likeness (QED) is 0.734. The van der Waals surface area contributed by atoms with E-state index in [1.54, 1.807) is 46.2 Å². The molecule has 0 saturated carbocycles. The first kappa shape index (κ1) is 21.2. The van der Waals surface area contributed by atoms with Crippen LogP contribution in [0.1, 0.15) is 32.1 Å². The van der Waals surface area contributed by atoms with Gasteiger partial charge < -0.3 is 20.4 Å². The fourth-order valence-corrected chi connectivity index (χ4v) is 4.17. The largest absolute Gasteiger partial charge is 0.324 e. The molecule has 4 rings (SSSR count). The van der Waals surface area contributed by atoms with Gasteiger partial charge in [0.05, 0.1) is 0 Å². The minimum Gasteiger partial charge on any atom is -0.324 e. The molecule has 2 aromatic rings. The molecule has 2 heterocycles. The summed E-state index contributed by atoms with van der Waals surface area (Å²) in [4.78, 5) is 41.0. The van der Waals surface area contributed by atoms with Crippen molar-refractivity contribution in [1.82, 2.24) is 4.90 Å². The third-order valence-corrected chi connectivity index (χ3v) is 5.93. The van der Waals surface area contributed by atoms with Crippen LogP contribution >= 0.6 is 11.6 Å². The van der Waals surface area contributed by atoms with E-state index in [1.165, 1.54) is 0 Å². The van der Waals surface area contributed by atoms with E-state index in [4.69, 9.17) is 11.6 Å². The molecule has 4 amide bonds. The third kappa shape index (κ3) is 4.99. The lowest BCUT2D eigenvalue weighted by Gasteiger charge is -2.27. The zero-order chi connectivity index (χ0) is 21.8. The van der Waals surface area contributed by atoms with Crippen molar-refractivity contribution in [3.05, 3.63) is 53.6 Å². The predicted octanol–water partition coefficient (Wildman–Crippen LogP) is 4.49. The normalized spacial score (nSPS) is 18.7. The van der Waals surface area contributed by atoms with Gasteiger partial charge in [-0.15, -0.1) is 0 Å². The molecule has 7 nitrogen and oxygen atoms in total. The van der Waals surface area contributed by atoms with E-state index in [9.17, 15) is 14.4 Å². The molecule has 2 N–H and O–H groups in total. The fraction of sp³-hybridized carbons (Fsp3) is 0.348. The summed E-state index contributed by atoms with van der Waals surface area (Å²) < 4.78 is 0. The Balaban J connectivity index is 1.37. The molecular formula is C23H25ClN4O3. The number of benzene rings is 2. The summed E-state index contributed by atoms with van der Waals surface area (Å²) in [5, 5.41) is 6.31. The van der Waals surface area contributed by atoms with Crippen LogP contribution in [0.4, 0.5) is 21.9 Å². The molecule has 0 radical (unpaired) electrons. The average molecular weight is 441 g/mol. The predicted molar refractivity (Wildman–Crippen MR) is 121 cm³/mol. The number of piperidine rings is 1. The lowest BCUT2D eigenvalue weighted by Crippen LogP contribution is -2.45. The van der Waals surface area contributed by atoms with Crippen LogP contribution in [0, 0.1) is 0 Å². The first-order valence-corrected chi connectivity index (χ1v) is 10.9. The molecule has 2 aromatic carbocycles. The maximum Gasteiger partial charge on any atom is 0.322 e. The van der Waals surface area contributed by atoms with Crippen molar-refractivity contribution in [3.63, 3.8) is 0 Å². The maximum atomic E-state index is 12.9. The molecule has 162 valence electrons. The second kappa shape index (κ2) is 9.39. The second-order valence-corrected chi connectivity index (χ2v) is 8.26. The molecule has 8 heteroatoms. The lowest BCUT2D eigenvalue weighted by molar-refractivity contribution is -0.120. The van der Waals surface area contributed by atoms with Gasteiger partial charge in [0.1, 0.15) is 6.04 Å². The SMILES string of the molecule is O=C(Nc1ccc(N2CCCCC2=O)cc1)[C@H]1CCCN1C(=O)Nc1ccc(Cl)cc1. The van der Waals surface area contributed by atoms with Gasteiger partial charge >= 0.3 is 6.03 Å². The van der Waals surface area contributed by atoms with E-state index in [0.717, 1.165) is 31.5 Å². The number of carbonyl (C=O) groups excluding carboxylic acids is 3. The number of halogens is 1. The standard InChI is InChI=1S/C23H25ClN4O3/c24-16-6-8-18(9-7-16)26-23(31)28-15-3-4-20(28)22(30)25-17-10-12-19(13-11-17)27-14-2-1-5-21(27)29/h6-13,20H,1-5,14-15H2,(H,25,30)(H,26,31)/t20-/m1/s1. The number of carbonyl (C=O) groups is 3. The Hall–Kier alpha value is -3.06. The summed E-state index contributed by atoms with van der Waals surface area (Å²) >= 11 is 5.88. The Morgan fingerprint density at radius 3 is 2.26 bits per heavy atom. The zero-order valence-electron chi connectivity index (χ0n) is 17.1. The average Bonchev–Trinajstić information content (AvgIpc) is 3.27. The summed E-state index contributed by atoms with van der Waals surface area (Å²) in [6.07, 6.45) is 3.89. The van der Waals surface area contributed by atoms with E-state index in [1.807, 2.05) is 12.1 Å². The number of nitrogens with zero attached hydrogens (tertiary/aromatic N) is 2. The minimum atomic E-state index is -0.532. The van der Waals surface area contributed by atoms with E-state index >= 15 is 0 Å². The van der Waals surface area contributed by atoms with Crippen LogP contribution in [0.15, 0.2) is 48.5 Å². The number of nitrogens with one attached hydrogen (secondary N) is 2. The van der Waals surface area contributed by atoms with Gasteiger partial charge in [-0.25, -0.2) is 4.79 Å². The van der Waals surface area contributed by atoms with Crippen molar-refractivity contribution < 1.29 is 14.4 Å². The highest BCUT2D eigenvalue weighted by Crippen LogP contribution is 2.25. The van der Waals surface area contributed by atoms with E-state index in [2.05, 4.69) is 10.6 Å². The third-order valence-electron chi connectivity index (χ3n) is 5.68. The molecule has 1 atom stereocenters. The van der Waals surface area contributed by atoms with Gasteiger partial charge in [-0.2, -0.15) is 0 Å². The van der Waals surface area contributed by atoms with Gasteiger partial charge in [0, 0.05) is 41.6 Å². The van der Waals surface area contributed by atoms with Crippen molar-refractivity contribution in [2.45, 2.75) is 38.1 Å². The van der Waals surface area contributed by atoms with Crippen LogP contribution in [-0.2, 0) is 9.59 Å². The Morgan fingerprint density at radius 2 is 1.55 bits per heavy atom. The highest BCUT2D eigenvalue weighted by Gasteiger charge is 2.34. The molecule has 0 aliphatic carbocycles. The summed E-state index contributed by atoms with van der Waals surface area (Å²) in [6.45, 7) is 1.25. The number of urea groups is 1. The number of rotatable bonds is 4. The van der Waals surface area contributed by atoms with E-state index in [-0.39, 0.29) is 17.8 Å². The molecule has 0 spiro atoms. The number of likely N-dealkylation sites (tertiary alicyclic amines) is 1. The summed E-state index contributed by atoms with van der Waals surface area (Å²) in [5.41, 5.74) is 2.11. The Labute approximate surface area is 186 Å². The summed E-state index contributed by atoms with van der Waals surface area (Å²) in [7, 11) is 0. The molecule has 0 bridgehead atoms. The number of amides is 4. The Kier molecular flexibility index (Phi) is 6.42. The van der Waals surface area contributed by atoms with Crippen LogP contribution in [0.25, 0.3) is 0 Å². The van der Waals surface area contributed by atoms with Gasteiger partial charge in [-0.1, -0.05) is 11.6 Å². The zero-order valence-corrected chi connectivity index (χ0v) is 17.9. The van der Waals surface area contributed by atoms with Gasteiger partial charge in [-0.3, -0.25) is 9.59 Å². The molecule has 0 unspecified atom stereocenters. The van der Waals surface area contributed by atoms with Gasteiger partial charge in [0.25, 0.3) is 0 Å². The van der Waals surface area contributed by atoms with E-state index in [0.29, 0.717) is 35.8 Å². The molecule has 2 aliphatic rings. The fourth-order valence-electron chi connectivity index (χ4n) is 4.04. The van der Waals surface area contributed by atoms with Crippen molar-refractivity contribution in [2.24, 2.45) is 0 Å². The van der Waals surface area contributed by atoms with Crippen molar-refractivity contribution in [2.75, 3.05) is 28.6 Å². The number of hydrogen-bond acceptors (Lipinski definition) is 3. The lowest BCUT2D eigenvalue weighted by atomic mass is 10.1. The van der Waals surface area contributed by atoms with Gasteiger partial charge in [-0.05, 0) is 74.2 Å². The van der Waals surface area contributed by atoms with Crippen LogP contribution in [0.3, 0.4) is 0 Å². The first-order valence-electron chi connectivity index (χ1n) is 10.6. The molecular weight excluding hydrogens is 416 g/mol. The van der Waals surface area contributed by atoms with E-state index < -0.39 is 6.04 Å². The maximum absolute atomic E-state index is 12.9. The summed E-state index contributed by atoms with van der Waals surface area (Å²) in [5.74, 6) is -0.0816. The topological polar surface area (TPSA) is 81.8 Å². The van der Waals surface area contributed by atoms with Crippen molar-refractivity contribution in [1.29, 1.82) is 0 Å². The van der Waals surface area contributed by atoms with Crippen LogP contribution in [0.5, 0.6) is 0 Å². The van der Waals surface area contributed by atoms with Crippen LogP contribution in [0.2, 0.25) is 5.02 Å². The smallest absolute Gasteiger partial charge is 0.322 e. The van der Waals surface area contributed by atoms with Crippen molar-refractivity contribution >= 4 is 46.5 Å². The first-order chi connectivity index (χ1) is 15.0. The molecule has 2 aliphatic heterocycles. The number of hydrogen-bond donors (Lipinski definition) is 2. The number of anilines is 3. The molecule has 31 heavy (non-hydrogen) atoms. The van der Waals surface area contributed by atoms with Gasteiger partial charge in [0.15, 0.2) is 0 Å².